The number of hydrogen-bond acceptors (Lipinski definition) is 1. The fraction of sp³-hybridized carbons (Fsp3) is 0.667. The Balaban J connectivity index is 3.02. The summed E-state index contributed by atoms with van der Waals surface area (Å²) in [5, 5.41) is 0. The normalized spacial score (nSPS) is 24.2. The Kier molecular flexibility index (Phi) is 6.31. The molecule has 0 spiro atoms. The minimum atomic E-state index is -1.52. The van der Waals surface area contributed by atoms with Crippen molar-refractivity contribution in [2.75, 3.05) is 0 Å². The summed E-state index contributed by atoms with van der Waals surface area (Å²) in [5.74, 6) is 1.29. The molecule has 1 aliphatic rings. The molecule has 1 atom stereocenters. The summed E-state index contributed by atoms with van der Waals surface area (Å²) in [6, 6.07) is 0. The quantitative estimate of drug-likeness (QED) is 0.400. The number of allylic oxidation sites excluding steroid dienone is 5. The van der Waals surface area contributed by atoms with Gasteiger partial charge in [-0.3, -0.25) is 0 Å². The maximum Gasteiger partial charge on any atom is 0.241 e. The van der Waals surface area contributed by atoms with Crippen molar-refractivity contribution >= 4 is 8.32 Å². The average Bonchev–Trinajstić information content (AvgIpc) is 2.32. The summed E-state index contributed by atoms with van der Waals surface area (Å²) in [5.41, 5.74) is 1.81. The highest BCUT2D eigenvalue weighted by atomic mass is 28.4. The van der Waals surface area contributed by atoms with Crippen molar-refractivity contribution in [3.05, 3.63) is 36.1 Å². The predicted molar refractivity (Wildman–Crippen MR) is 92.3 cm³/mol. The maximum absolute atomic E-state index is 6.40. The van der Waals surface area contributed by atoms with Crippen LogP contribution in [-0.4, -0.2) is 8.32 Å². The van der Waals surface area contributed by atoms with Crippen molar-refractivity contribution < 1.29 is 4.43 Å². The second kappa shape index (κ2) is 7.30. The van der Waals surface area contributed by atoms with E-state index in [4.69, 9.17) is 4.43 Å². The van der Waals surface area contributed by atoms with Gasteiger partial charge in [-0.15, -0.1) is 6.58 Å². The van der Waals surface area contributed by atoms with Crippen molar-refractivity contribution in [1.82, 2.24) is 0 Å². The number of hydrogen-bond donors (Lipinski definition) is 0. The summed E-state index contributed by atoms with van der Waals surface area (Å²) >= 11 is 0. The van der Waals surface area contributed by atoms with E-state index >= 15 is 0 Å². The zero-order chi connectivity index (χ0) is 15.2. The first kappa shape index (κ1) is 17.3. The smallest absolute Gasteiger partial charge is 0.241 e. The van der Waals surface area contributed by atoms with Crippen LogP contribution < -0.4 is 0 Å². The van der Waals surface area contributed by atoms with Crippen LogP contribution in [0.5, 0.6) is 0 Å². The van der Waals surface area contributed by atoms with E-state index in [0.29, 0.717) is 5.41 Å². The summed E-state index contributed by atoms with van der Waals surface area (Å²) in [4.78, 5) is 0. The molecule has 1 aliphatic carbocycles. The lowest BCUT2D eigenvalue weighted by Crippen LogP contribution is -2.31. The minimum Gasteiger partial charge on any atom is -0.547 e. The van der Waals surface area contributed by atoms with Gasteiger partial charge in [0.2, 0.25) is 8.32 Å². The molecule has 0 heterocycles. The molecular formula is C18H32OSi. The zero-order valence-electron chi connectivity index (χ0n) is 14.1. The van der Waals surface area contributed by atoms with Crippen LogP contribution in [0.25, 0.3) is 0 Å². The van der Waals surface area contributed by atoms with Crippen LogP contribution in [0, 0.1) is 5.41 Å². The molecule has 1 nitrogen and oxygen atoms in total. The topological polar surface area (TPSA) is 9.23 Å². The molecule has 0 N–H and O–H groups in total. The second-order valence-electron chi connectivity index (χ2n) is 7.13. The summed E-state index contributed by atoms with van der Waals surface area (Å²) in [6.07, 6.45) is 13.5. The third-order valence-corrected chi connectivity index (χ3v) is 4.93. The van der Waals surface area contributed by atoms with Crippen molar-refractivity contribution in [2.24, 2.45) is 5.41 Å². The van der Waals surface area contributed by atoms with E-state index in [1.165, 1.54) is 30.6 Å². The standard InChI is InChI=1S/C18H32OSi/c1-7-9-10-14-18(3)15-11-13-17(16(18)12-8-2)19-20(4,5)6/h7-9H,2,10-15H2,1,3-6H3/b9-7+. The molecule has 0 aromatic heterocycles. The molecule has 0 amide bonds. The number of rotatable bonds is 7. The van der Waals surface area contributed by atoms with E-state index < -0.39 is 8.32 Å². The third kappa shape index (κ3) is 4.97. The van der Waals surface area contributed by atoms with Gasteiger partial charge in [0.25, 0.3) is 0 Å². The third-order valence-electron chi connectivity index (χ3n) is 4.07. The molecule has 0 aromatic carbocycles. The molecule has 0 aromatic rings. The van der Waals surface area contributed by atoms with Gasteiger partial charge >= 0.3 is 0 Å². The molecule has 2 heteroatoms. The molecule has 1 unspecified atom stereocenters. The Bertz CT molecular complexity index is 387. The zero-order valence-corrected chi connectivity index (χ0v) is 15.1. The van der Waals surface area contributed by atoms with Crippen LogP contribution >= 0.6 is 0 Å². The van der Waals surface area contributed by atoms with E-state index in [0.717, 1.165) is 19.3 Å². The molecule has 0 saturated carbocycles. The van der Waals surface area contributed by atoms with Gasteiger partial charge in [0.1, 0.15) is 0 Å². The summed E-state index contributed by atoms with van der Waals surface area (Å²) in [6.45, 7) is 15.3. The van der Waals surface area contributed by atoms with E-state index in [2.05, 4.69) is 52.2 Å². The lowest BCUT2D eigenvalue weighted by atomic mass is 9.69. The molecule has 114 valence electrons. The summed E-state index contributed by atoms with van der Waals surface area (Å²) < 4.78 is 6.40. The second-order valence-corrected chi connectivity index (χ2v) is 11.6. The van der Waals surface area contributed by atoms with Crippen molar-refractivity contribution in [1.29, 1.82) is 0 Å². The highest BCUT2D eigenvalue weighted by molar-refractivity contribution is 6.70. The fourth-order valence-corrected chi connectivity index (χ4v) is 4.07. The van der Waals surface area contributed by atoms with Gasteiger partial charge in [0.05, 0.1) is 5.76 Å². The van der Waals surface area contributed by atoms with Crippen molar-refractivity contribution in [2.45, 2.75) is 72.0 Å². The highest BCUT2D eigenvalue weighted by Gasteiger charge is 2.35. The molecule has 0 saturated heterocycles. The predicted octanol–water partition coefficient (Wildman–Crippen LogP) is 6.21. The molecule has 1 rings (SSSR count). The van der Waals surface area contributed by atoms with Gasteiger partial charge < -0.3 is 4.43 Å². The van der Waals surface area contributed by atoms with Gasteiger partial charge in [-0.1, -0.05) is 25.2 Å². The van der Waals surface area contributed by atoms with Crippen LogP contribution in [0.3, 0.4) is 0 Å². The maximum atomic E-state index is 6.40. The molecule has 20 heavy (non-hydrogen) atoms. The Labute approximate surface area is 126 Å². The molecular weight excluding hydrogens is 260 g/mol. The van der Waals surface area contributed by atoms with Gasteiger partial charge in [0, 0.05) is 6.42 Å². The Morgan fingerprint density at radius 1 is 1.35 bits per heavy atom. The molecule has 0 aliphatic heterocycles. The lowest BCUT2D eigenvalue weighted by molar-refractivity contribution is 0.256. The van der Waals surface area contributed by atoms with E-state index in [1.807, 2.05) is 6.08 Å². The van der Waals surface area contributed by atoms with Gasteiger partial charge in [0.15, 0.2) is 0 Å². The van der Waals surface area contributed by atoms with E-state index in [9.17, 15) is 0 Å². The van der Waals surface area contributed by atoms with Crippen LogP contribution in [0.1, 0.15) is 52.4 Å². The highest BCUT2D eigenvalue weighted by Crippen LogP contribution is 2.46. The Hall–Kier alpha value is -0.763. The molecule has 0 bridgehead atoms. The molecule has 0 radical (unpaired) electrons. The Morgan fingerprint density at radius 2 is 2.05 bits per heavy atom. The van der Waals surface area contributed by atoms with Crippen molar-refractivity contribution in [3.8, 4) is 0 Å². The summed E-state index contributed by atoms with van der Waals surface area (Å²) in [7, 11) is -1.52. The fourth-order valence-electron chi connectivity index (χ4n) is 3.11. The monoisotopic (exact) mass is 292 g/mol. The van der Waals surface area contributed by atoms with Gasteiger partial charge in [-0.05, 0) is 69.7 Å². The molecule has 0 fully saturated rings. The van der Waals surface area contributed by atoms with Gasteiger partial charge in [-0.25, -0.2) is 0 Å². The van der Waals surface area contributed by atoms with E-state index in [-0.39, 0.29) is 0 Å². The van der Waals surface area contributed by atoms with E-state index in [1.54, 1.807) is 0 Å². The first-order chi connectivity index (χ1) is 9.32. The van der Waals surface area contributed by atoms with Crippen LogP contribution in [0.4, 0.5) is 0 Å². The average molecular weight is 293 g/mol. The lowest BCUT2D eigenvalue weighted by Gasteiger charge is -2.39. The first-order valence-corrected chi connectivity index (χ1v) is 11.4. The largest absolute Gasteiger partial charge is 0.547 e. The van der Waals surface area contributed by atoms with Crippen LogP contribution in [-0.2, 0) is 4.43 Å². The van der Waals surface area contributed by atoms with Crippen LogP contribution in [0.2, 0.25) is 19.6 Å². The van der Waals surface area contributed by atoms with Crippen LogP contribution in [0.15, 0.2) is 36.1 Å². The van der Waals surface area contributed by atoms with Crippen molar-refractivity contribution in [3.63, 3.8) is 0 Å². The Morgan fingerprint density at radius 3 is 2.60 bits per heavy atom. The van der Waals surface area contributed by atoms with Gasteiger partial charge in [-0.2, -0.15) is 0 Å². The minimum absolute atomic E-state index is 0.293. The first-order valence-electron chi connectivity index (χ1n) is 7.96. The SMILES string of the molecule is C=CCC1=C(O[Si](C)(C)C)CCCC1(C)CC/C=C/C.